The van der Waals surface area contributed by atoms with Crippen molar-refractivity contribution in [2.45, 2.75) is 27.2 Å². The largest absolute Gasteiger partial charge is 0.352 e. The van der Waals surface area contributed by atoms with Gasteiger partial charge >= 0.3 is 0 Å². The van der Waals surface area contributed by atoms with Crippen molar-refractivity contribution in [3.63, 3.8) is 0 Å². The minimum Gasteiger partial charge on any atom is -0.352 e. The molecular formula is C21H24N4OS. The van der Waals surface area contributed by atoms with Crippen LogP contribution >= 0.6 is 11.3 Å². The van der Waals surface area contributed by atoms with Crippen LogP contribution in [0.3, 0.4) is 0 Å². The number of aromatic nitrogens is 2. The number of rotatable bonds is 3. The van der Waals surface area contributed by atoms with E-state index in [0.717, 1.165) is 46.9 Å². The lowest BCUT2D eigenvalue weighted by molar-refractivity contribution is 0.0746. The highest BCUT2D eigenvalue weighted by Gasteiger charge is 2.24. The molecule has 0 atom stereocenters. The maximum absolute atomic E-state index is 12.7. The van der Waals surface area contributed by atoms with Crippen molar-refractivity contribution < 1.29 is 4.79 Å². The van der Waals surface area contributed by atoms with Crippen LogP contribution in [0.5, 0.6) is 0 Å². The number of nitrogens with zero attached hydrogens (tertiary/aromatic N) is 4. The zero-order valence-electron chi connectivity index (χ0n) is 16.0. The van der Waals surface area contributed by atoms with Gasteiger partial charge in [0.25, 0.3) is 5.91 Å². The van der Waals surface area contributed by atoms with E-state index in [4.69, 9.17) is 4.98 Å². The number of carbonyl (C=O) groups excluding carboxylic acids is 1. The van der Waals surface area contributed by atoms with Crippen LogP contribution in [-0.2, 0) is 6.42 Å². The molecule has 1 aromatic carbocycles. The fourth-order valence-corrected chi connectivity index (χ4v) is 4.48. The molecule has 1 aliphatic heterocycles. The van der Waals surface area contributed by atoms with Gasteiger partial charge in [-0.2, -0.15) is 0 Å². The third-order valence-corrected chi connectivity index (χ3v) is 6.22. The Hall–Kier alpha value is -2.47. The Bertz CT molecular complexity index is 972. The predicted molar refractivity (Wildman–Crippen MR) is 111 cm³/mol. The summed E-state index contributed by atoms with van der Waals surface area (Å²) < 4.78 is 0. The standard InChI is InChI=1S/C21H24N4OS/c1-4-17-13-18-19(22-15(3)23-20(18)27-17)24-9-11-25(12-10-24)21(26)16-7-5-14(2)6-8-16/h5-8,13H,4,9-12H2,1-3H3. The Balaban J connectivity index is 1.52. The summed E-state index contributed by atoms with van der Waals surface area (Å²) >= 11 is 1.75. The first-order valence-corrected chi connectivity index (χ1v) is 10.2. The average molecular weight is 381 g/mol. The van der Waals surface area contributed by atoms with Crippen LogP contribution < -0.4 is 4.90 Å². The topological polar surface area (TPSA) is 49.3 Å². The van der Waals surface area contributed by atoms with Crippen LogP contribution in [0, 0.1) is 13.8 Å². The van der Waals surface area contributed by atoms with Crippen molar-refractivity contribution in [2.24, 2.45) is 0 Å². The number of amides is 1. The van der Waals surface area contributed by atoms with E-state index in [9.17, 15) is 4.79 Å². The molecule has 0 spiro atoms. The normalized spacial score (nSPS) is 14.8. The number of aryl methyl sites for hydroxylation is 3. The first-order valence-electron chi connectivity index (χ1n) is 9.43. The molecule has 1 saturated heterocycles. The molecule has 2 aromatic heterocycles. The molecule has 0 unspecified atom stereocenters. The summed E-state index contributed by atoms with van der Waals surface area (Å²) in [5.74, 6) is 1.93. The third-order valence-electron chi connectivity index (χ3n) is 5.05. The van der Waals surface area contributed by atoms with Crippen LogP contribution in [0.1, 0.15) is 33.5 Å². The molecule has 27 heavy (non-hydrogen) atoms. The summed E-state index contributed by atoms with van der Waals surface area (Å²) in [6, 6.07) is 10.0. The van der Waals surface area contributed by atoms with Gasteiger partial charge in [-0.15, -0.1) is 11.3 Å². The highest BCUT2D eigenvalue weighted by atomic mass is 32.1. The van der Waals surface area contributed by atoms with Crippen molar-refractivity contribution in [3.8, 4) is 0 Å². The molecule has 0 aliphatic carbocycles. The van der Waals surface area contributed by atoms with E-state index in [1.165, 1.54) is 10.4 Å². The molecule has 3 aromatic rings. The van der Waals surface area contributed by atoms with Gasteiger partial charge in [0.05, 0.1) is 5.39 Å². The number of hydrogen-bond donors (Lipinski definition) is 0. The molecule has 3 heterocycles. The lowest BCUT2D eigenvalue weighted by Gasteiger charge is -2.35. The summed E-state index contributed by atoms with van der Waals surface area (Å²) in [5, 5.41) is 1.14. The van der Waals surface area contributed by atoms with Gasteiger partial charge in [0.2, 0.25) is 0 Å². The number of benzene rings is 1. The van der Waals surface area contributed by atoms with Gasteiger partial charge in [-0.05, 0) is 38.5 Å². The molecule has 5 nitrogen and oxygen atoms in total. The minimum atomic E-state index is 0.113. The Morgan fingerprint density at radius 1 is 1.07 bits per heavy atom. The van der Waals surface area contributed by atoms with Crippen LogP contribution in [-0.4, -0.2) is 47.0 Å². The van der Waals surface area contributed by atoms with E-state index < -0.39 is 0 Å². The average Bonchev–Trinajstić information content (AvgIpc) is 3.10. The van der Waals surface area contributed by atoms with E-state index in [2.05, 4.69) is 22.9 Å². The number of thiophene rings is 1. The molecule has 0 bridgehead atoms. The van der Waals surface area contributed by atoms with E-state index in [-0.39, 0.29) is 5.91 Å². The highest BCUT2D eigenvalue weighted by molar-refractivity contribution is 7.18. The van der Waals surface area contributed by atoms with Crippen molar-refractivity contribution in [1.82, 2.24) is 14.9 Å². The zero-order valence-corrected chi connectivity index (χ0v) is 16.8. The Kier molecular flexibility index (Phi) is 4.83. The van der Waals surface area contributed by atoms with E-state index in [0.29, 0.717) is 13.1 Å². The number of carbonyl (C=O) groups is 1. The fraction of sp³-hybridized carbons (Fsp3) is 0.381. The van der Waals surface area contributed by atoms with Crippen LogP contribution in [0.15, 0.2) is 30.3 Å². The number of hydrogen-bond acceptors (Lipinski definition) is 5. The molecule has 1 fully saturated rings. The monoisotopic (exact) mass is 380 g/mol. The Morgan fingerprint density at radius 2 is 1.78 bits per heavy atom. The second kappa shape index (κ2) is 7.27. The lowest BCUT2D eigenvalue weighted by Crippen LogP contribution is -2.49. The molecule has 0 radical (unpaired) electrons. The van der Waals surface area contributed by atoms with E-state index in [1.54, 1.807) is 11.3 Å². The summed E-state index contributed by atoms with van der Waals surface area (Å²) in [5.41, 5.74) is 1.93. The fourth-order valence-electron chi connectivity index (χ4n) is 3.48. The first-order chi connectivity index (χ1) is 13.0. The second-order valence-corrected chi connectivity index (χ2v) is 8.14. The maximum Gasteiger partial charge on any atom is 0.253 e. The lowest BCUT2D eigenvalue weighted by atomic mass is 10.1. The molecule has 1 aliphatic rings. The van der Waals surface area contributed by atoms with Crippen LogP contribution in [0.2, 0.25) is 0 Å². The SMILES string of the molecule is CCc1cc2c(N3CCN(C(=O)c4ccc(C)cc4)CC3)nc(C)nc2s1. The predicted octanol–water partition coefficient (Wildman–Crippen LogP) is 3.83. The van der Waals surface area contributed by atoms with Gasteiger partial charge in [0.1, 0.15) is 16.5 Å². The van der Waals surface area contributed by atoms with Gasteiger partial charge < -0.3 is 9.80 Å². The minimum absolute atomic E-state index is 0.113. The number of piperazine rings is 1. The molecule has 6 heteroatoms. The van der Waals surface area contributed by atoms with Crippen molar-refractivity contribution in [2.75, 3.05) is 31.1 Å². The molecule has 4 rings (SSSR count). The van der Waals surface area contributed by atoms with E-state index >= 15 is 0 Å². The maximum atomic E-state index is 12.7. The van der Waals surface area contributed by atoms with Gasteiger partial charge in [-0.25, -0.2) is 9.97 Å². The summed E-state index contributed by atoms with van der Waals surface area (Å²) in [6.45, 7) is 9.16. The summed E-state index contributed by atoms with van der Waals surface area (Å²) in [4.78, 5) is 28.7. The van der Waals surface area contributed by atoms with Crippen LogP contribution in [0.25, 0.3) is 10.2 Å². The van der Waals surface area contributed by atoms with Gasteiger partial charge in [0.15, 0.2) is 0 Å². The Labute approximate surface area is 163 Å². The molecular weight excluding hydrogens is 356 g/mol. The van der Waals surface area contributed by atoms with Crippen LogP contribution in [0.4, 0.5) is 5.82 Å². The molecule has 0 saturated carbocycles. The number of anilines is 1. The van der Waals surface area contributed by atoms with Gasteiger partial charge in [-0.3, -0.25) is 4.79 Å². The van der Waals surface area contributed by atoms with Gasteiger partial charge in [0, 0.05) is 36.6 Å². The number of fused-ring (bicyclic) bond motifs is 1. The molecule has 1 amide bonds. The highest BCUT2D eigenvalue weighted by Crippen LogP contribution is 2.31. The Morgan fingerprint density at radius 3 is 2.44 bits per heavy atom. The zero-order chi connectivity index (χ0) is 19.0. The van der Waals surface area contributed by atoms with Gasteiger partial charge in [-0.1, -0.05) is 24.6 Å². The second-order valence-electron chi connectivity index (χ2n) is 7.02. The molecule has 0 N–H and O–H groups in total. The van der Waals surface area contributed by atoms with Crippen molar-refractivity contribution >= 4 is 33.3 Å². The first kappa shape index (κ1) is 17.9. The van der Waals surface area contributed by atoms with Crippen molar-refractivity contribution in [1.29, 1.82) is 0 Å². The van der Waals surface area contributed by atoms with E-state index in [1.807, 2.05) is 43.0 Å². The smallest absolute Gasteiger partial charge is 0.253 e. The molecule has 140 valence electrons. The van der Waals surface area contributed by atoms with Crippen molar-refractivity contribution in [3.05, 3.63) is 52.2 Å². The third kappa shape index (κ3) is 3.54. The summed E-state index contributed by atoms with van der Waals surface area (Å²) in [6.07, 6.45) is 1.01. The summed E-state index contributed by atoms with van der Waals surface area (Å²) in [7, 11) is 0. The quantitative estimate of drug-likeness (QED) is 0.693.